The Morgan fingerprint density at radius 3 is 2.35 bits per heavy atom. The van der Waals surface area contributed by atoms with E-state index in [9.17, 15) is 23.1 Å². The van der Waals surface area contributed by atoms with Crippen LogP contribution in [0.25, 0.3) is 11.1 Å². The number of fused-ring (bicyclic) bond motifs is 1. The normalized spacial score (nSPS) is 16.1. The standard InChI is InChI=1S/C22H27N3O5S/c1-5-6-21(26)25-15(3)13-24(22(27)28)20-12-17(8-10-19(20)25)16-7-9-18(14(2)11-16)23-31(4,29)30/h7-12,15,23H,5-6,13H2,1-4H3,(H,27,28)/t15-/m0/s1. The van der Waals surface area contributed by atoms with Gasteiger partial charge in [0.1, 0.15) is 0 Å². The number of nitrogens with zero attached hydrogens (tertiary/aromatic N) is 2. The van der Waals surface area contributed by atoms with Crippen LogP contribution in [0.4, 0.5) is 21.9 Å². The molecule has 0 saturated heterocycles. The maximum Gasteiger partial charge on any atom is 0.411 e. The Kier molecular flexibility index (Phi) is 6.26. The van der Waals surface area contributed by atoms with E-state index in [0.29, 0.717) is 29.9 Å². The van der Waals surface area contributed by atoms with Crippen LogP contribution < -0.4 is 14.5 Å². The van der Waals surface area contributed by atoms with Crippen LogP contribution in [0.1, 0.15) is 32.3 Å². The fourth-order valence-corrected chi connectivity index (χ4v) is 4.49. The van der Waals surface area contributed by atoms with Crippen molar-refractivity contribution in [2.45, 2.75) is 39.7 Å². The molecular weight excluding hydrogens is 418 g/mol. The summed E-state index contributed by atoms with van der Waals surface area (Å²) < 4.78 is 25.5. The number of carboxylic acid groups (broad SMARTS) is 1. The van der Waals surface area contributed by atoms with Crippen molar-refractivity contribution in [3.8, 4) is 11.1 Å². The third kappa shape index (κ3) is 4.82. The highest BCUT2D eigenvalue weighted by atomic mass is 32.2. The monoisotopic (exact) mass is 445 g/mol. The van der Waals surface area contributed by atoms with Gasteiger partial charge in [0.25, 0.3) is 0 Å². The summed E-state index contributed by atoms with van der Waals surface area (Å²) in [7, 11) is -3.39. The van der Waals surface area contributed by atoms with Gasteiger partial charge in [0, 0.05) is 13.0 Å². The van der Waals surface area contributed by atoms with Crippen LogP contribution in [0.2, 0.25) is 0 Å². The van der Waals surface area contributed by atoms with E-state index < -0.39 is 16.1 Å². The van der Waals surface area contributed by atoms with Crippen molar-refractivity contribution in [1.29, 1.82) is 0 Å². The van der Waals surface area contributed by atoms with E-state index in [-0.39, 0.29) is 18.5 Å². The fraction of sp³-hybridized carbons (Fsp3) is 0.364. The number of aryl methyl sites for hydroxylation is 1. The third-order valence-corrected chi connectivity index (χ3v) is 5.82. The molecule has 1 heterocycles. The average molecular weight is 446 g/mol. The molecule has 0 fully saturated rings. The number of carbonyl (C=O) groups is 2. The Morgan fingerprint density at radius 1 is 1.13 bits per heavy atom. The summed E-state index contributed by atoms with van der Waals surface area (Å²) in [6.45, 7) is 5.77. The zero-order valence-corrected chi connectivity index (χ0v) is 18.9. The highest BCUT2D eigenvalue weighted by Gasteiger charge is 2.34. The molecule has 2 aromatic carbocycles. The van der Waals surface area contributed by atoms with Crippen LogP contribution in [0.15, 0.2) is 36.4 Å². The number of nitrogens with one attached hydrogen (secondary N) is 1. The lowest BCUT2D eigenvalue weighted by Gasteiger charge is -2.40. The molecule has 1 aliphatic heterocycles. The summed E-state index contributed by atoms with van der Waals surface area (Å²) in [6.07, 6.45) is 1.13. The van der Waals surface area contributed by atoms with Crippen LogP contribution in [0.5, 0.6) is 0 Å². The first-order valence-electron chi connectivity index (χ1n) is 10.1. The first kappa shape index (κ1) is 22.6. The van der Waals surface area contributed by atoms with E-state index in [1.165, 1.54) is 4.90 Å². The fourth-order valence-electron chi connectivity index (χ4n) is 3.86. The van der Waals surface area contributed by atoms with Gasteiger partial charge in [-0.05, 0) is 61.2 Å². The maximum atomic E-state index is 12.7. The zero-order chi connectivity index (χ0) is 22.9. The molecule has 9 heteroatoms. The number of hydrogen-bond acceptors (Lipinski definition) is 4. The lowest BCUT2D eigenvalue weighted by atomic mass is 9.99. The predicted octanol–water partition coefficient (Wildman–Crippen LogP) is 4.05. The van der Waals surface area contributed by atoms with Gasteiger partial charge in [-0.15, -0.1) is 0 Å². The largest absolute Gasteiger partial charge is 0.465 e. The summed E-state index contributed by atoms with van der Waals surface area (Å²) >= 11 is 0. The summed E-state index contributed by atoms with van der Waals surface area (Å²) in [5, 5.41) is 9.74. The lowest BCUT2D eigenvalue weighted by molar-refractivity contribution is -0.119. The van der Waals surface area contributed by atoms with Crippen LogP contribution in [0, 0.1) is 6.92 Å². The Morgan fingerprint density at radius 2 is 1.77 bits per heavy atom. The molecule has 2 amide bonds. The molecule has 1 atom stereocenters. The van der Waals surface area contributed by atoms with Crippen LogP contribution >= 0.6 is 0 Å². The Bertz CT molecular complexity index is 1130. The number of amides is 2. The molecule has 0 aromatic heterocycles. The molecule has 166 valence electrons. The summed E-state index contributed by atoms with van der Waals surface area (Å²) in [6, 6.07) is 10.4. The Hall–Kier alpha value is -3.07. The second kappa shape index (κ2) is 8.58. The van der Waals surface area contributed by atoms with Gasteiger partial charge in [0.05, 0.1) is 29.4 Å². The van der Waals surface area contributed by atoms with Gasteiger partial charge in [-0.2, -0.15) is 0 Å². The quantitative estimate of drug-likeness (QED) is 0.722. The minimum absolute atomic E-state index is 0.0268. The molecule has 2 N–H and O–H groups in total. The highest BCUT2D eigenvalue weighted by molar-refractivity contribution is 7.92. The third-order valence-electron chi connectivity index (χ3n) is 5.23. The molecule has 0 radical (unpaired) electrons. The minimum atomic E-state index is -3.39. The highest BCUT2D eigenvalue weighted by Crippen LogP contribution is 2.39. The molecule has 0 aliphatic carbocycles. The van der Waals surface area contributed by atoms with Crippen molar-refractivity contribution in [1.82, 2.24) is 0 Å². The molecule has 0 bridgehead atoms. The van der Waals surface area contributed by atoms with Crippen LogP contribution in [-0.4, -0.2) is 44.4 Å². The van der Waals surface area contributed by atoms with Gasteiger partial charge in [0.2, 0.25) is 15.9 Å². The van der Waals surface area contributed by atoms with Crippen molar-refractivity contribution in [3.05, 3.63) is 42.0 Å². The van der Waals surface area contributed by atoms with Gasteiger partial charge in [0.15, 0.2) is 0 Å². The topological polar surface area (TPSA) is 107 Å². The van der Waals surface area contributed by atoms with Crippen molar-refractivity contribution in [2.75, 3.05) is 27.3 Å². The van der Waals surface area contributed by atoms with E-state index in [4.69, 9.17) is 0 Å². The SMILES string of the molecule is CCCC(=O)N1c2ccc(-c3ccc(NS(C)(=O)=O)c(C)c3)cc2N(C(=O)O)C[C@@H]1C. The molecule has 8 nitrogen and oxygen atoms in total. The van der Waals surface area contributed by atoms with E-state index in [1.54, 1.807) is 36.1 Å². The number of carbonyl (C=O) groups excluding carboxylic acids is 1. The van der Waals surface area contributed by atoms with E-state index in [1.807, 2.05) is 26.0 Å². The molecule has 2 aromatic rings. The molecule has 1 aliphatic rings. The second-order valence-electron chi connectivity index (χ2n) is 7.86. The van der Waals surface area contributed by atoms with Gasteiger partial charge < -0.3 is 10.0 Å². The molecule has 0 unspecified atom stereocenters. The summed E-state index contributed by atoms with van der Waals surface area (Å²) in [5.74, 6) is -0.0268. The maximum absolute atomic E-state index is 12.7. The minimum Gasteiger partial charge on any atom is -0.465 e. The Balaban J connectivity index is 2.06. The smallest absolute Gasteiger partial charge is 0.411 e. The average Bonchev–Trinajstić information content (AvgIpc) is 2.67. The van der Waals surface area contributed by atoms with Gasteiger partial charge in [-0.3, -0.25) is 14.4 Å². The number of sulfonamides is 1. The molecule has 0 saturated carbocycles. The number of rotatable bonds is 5. The van der Waals surface area contributed by atoms with Crippen molar-refractivity contribution in [3.63, 3.8) is 0 Å². The predicted molar refractivity (Wildman–Crippen MR) is 122 cm³/mol. The van der Waals surface area contributed by atoms with E-state index in [2.05, 4.69) is 4.72 Å². The van der Waals surface area contributed by atoms with E-state index >= 15 is 0 Å². The Labute approximate surface area is 182 Å². The van der Waals surface area contributed by atoms with Crippen LogP contribution in [-0.2, 0) is 14.8 Å². The zero-order valence-electron chi connectivity index (χ0n) is 18.0. The first-order chi connectivity index (χ1) is 14.5. The van der Waals surface area contributed by atoms with Gasteiger partial charge in [-0.1, -0.05) is 19.1 Å². The summed E-state index contributed by atoms with van der Waals surface area (Å²) in [4.78, 5) is 27.6. The van der Waals surface area contributed by atoms with Crippen LogP contribution in [0.3, 0.4) is 0 Å². The van der Waals surface area contributed by atoms with Crippen molar-refractivity contribution >= 4 is 39.1 Å². The lowest BCUT2D eigenvalue weighted by Crippen LogP contribution is -2.51. The van der Waals surface area contributed by atoms with Crippen molar-refractivity contribution < 1.29 is 23.1 Å². The molecule has 31 heavy (non-hydrogen) atoms. The first-order valence-corrected chi connectivity index (χ1v) is 12.0. The number of benzene rings is 2. The number of anilines is 3. The van der Waals surface area contributed by atoms with E-state index in [0.717, 1.165) is 22.9 Å². The second-order valence-corrected chi connectivity index (χ2v) is 9.61. The van der Waals surface area contributed by atoms with Gasteiger partial charge >= 0.3 is 6.09 Å². The molecule has 3 rings (SSSR count). The van der Waals surface area contributed by atoms with Crippen molar-refractivity contribution in [2.24, 2.45) is 0 Å². The molecular formula is C22H27N3O5S. The number of hydrogen-bond donors (Lipinski definition) is 2. The summed E-state index contributed by atoms with van der Waals surface area (Å²) in [5.41, 5.74) is 3.86. The molecule has 0 spiro atoms. The van der Waals surface area contributed by atoms with Gasteiger partial charge in [-0.25, -0.2) is 13.2 Å².